The van der Waals surface area contributed by atoms with Crippen molar-refractivity contribution in [2.45, 2.75) is 12.6 Å². The van der Waals surface area contributed by atoms with Crippen LogP contribution < -0.4 is 0 Å². The second-order valence-electron chi connectivity index (χ2n) is 3.00. The average molecular weight is 294 g/mol. The van der Waals surface area contributed by atoms with Gasteiger partial charge >= 0.3 is 7.60 Å². The number of nitrogens with zero attached hydrogens (tertiary/aromatic N) is 1. The molecule has 0 aliphatic rings. The van der Waals surface area contributed by atoms with Crippen LogP contribution in [0.25, 0.3) is 0 Å². The van der Waals surface area contributed by atoms with E-state index in [2.05, 4.69) is 20.9 Å². The molecule has 0 amide bonds. The third kappa shape index (κ3) is 2.88. The molecule has 1 unspecified atom stereocenters. The summed E-state index contributed by atoms with van der Waals surface area (Å²) in [6.07, 6.45) is 1.65. The standard InChI is InChI=1S/C9H13BrNO3P/c1-7(15(12,13-2)14-3)8-4-5-9(10)11-6-8/h4-7H,1-3H3. The first-order chi connectivity index (χ1) is 7.03. The van der Waals surface area contributed by atoms with Crippen LogP contribution in [0.4, 0.5) is 0 Å². The highest BCUT2D eigenvalue weighted by Crippen LogP contribution is 2.59. The van der Waals surface area contributed by atoms with Crippen LogP contribution in [0.3, 0.4) is 0 Å². The molecule has 0 saturated heterocycles. The number of hydrogen-bond donors (Lipinski definition) is 0. The normalized spacial score (nSPS) is 13.9. The lowest BCUT2D eigenvalue weighted by molar-refractivity contribution is 0.267. The zero-order valence-electron chi connectivity index (χ0n) is 8.81. The van der Waals surface area contributed by atoms with E-state index in [9.17, 15) is 4.57 Å². The Morgan fingerprint density at radius 2 is 2.00 bits per heavy atom. The van der Waals surface area contributed by atoms with Gasteiger partial charge in [0.25, 0.3) is 0 Å². The van der Waals surface area contributed by atoms with Gasteiger partial charge in [-0.1, -0.05) is 6.07 Å². The molecule has 0 saturated carbocycles. The Bertz CT molecular complexity index is 360. The minimum atomic E-state index is -3.06. The summed E-state index contributed by atoms with van der Waals surface area (Å²) in [4.78, 5) is 4.07. The Hall–Kier alpha value is -0.220. The van der Waals surface area contributed by atoms with Crippen LogP contribution in [0.1, 0.15) is 18.1 Å². The maximum Gasteiger partial charge on any atom is 0.337 e. The van der Waals surface area contributed by atoms with Gasteiger partial charge < -0.3 is 9.05 Å². The first-order valence-electron chi connectivity index (χ1n) is 4.36. The highest BCUT2D eigenvalue weighted by atomic mass is 79.9. The molecule has 1 heterocycles. The number of pyridine rings is 1. The lowest BCUT2D eigenvalue weighted by Gasteiger charge is -2.20. The maximum atomic E-state index is 12.1. The molecule has 0 aliphatic heterocycles. The Labute approximate surface area is 97.7 Å². The number of hydrogen-bond acceptors (Lipinski definition) is 4. The van der Waals surface area contributed by atoms with Gasteiger partial charge in [-0.2, -0.15) is 0 Å². The minimum Gasteiger partial charge on any atom is -0.312 e. The first-order valence-corrected chi connectivity index (χ1v) is 6.76. The Morgan fingerprint density at radius 3 is 2.40 bits per heavy atom. The van der Waals surface area contributed by atoms with E-state index in [1.165, 1.54) is 14.2 Å². The molecule has 4 nitrogen and oxygen atoms in total. The fourth-order valence-electron chi connectivity index (χ4n) is 1.21. The van der Waals surface area contributed by atoms with Gasteiger partial charge in [-0.15, -0.1) is 0 Å². The summed E-state index contributed by atoms with van der Waals surface area (Å²) in [5.41, 5.74) is 0.498. The van der Waals surface area contributed by atoms with Crippen molar-refractivity contribution in [3.05, 3.63) is 28.5 Å². The van der Waals surface area contributed by atoms with Crippen molar-refractivity contribution >= 4 is 23.5 Å². The topological polar surface area (TPSA) is 48.4 Å². The molecular weight excluding hydrogens is 281 g/mol. The summed E-state index contributed by atoms with van der Waals surface area (Å²) in [5.74, 6) is 0. The van der Waals surface area contributed by atoms with Crippen LogP contribution in [-0.2, 0) is 13.6 Å². The monoisotopic (exact) mass is 293 g/mol. The van der Waals surface area contributed by atoms with Crippen LogP contribution >= 0.6 is 23.5 Å². The highest BCUT2D eigenvalue weighted by molar-refractivity contribution is 9.10. The van der Waals surface area contributed by atoms with Gasteiger partial charge in [0.05, 0.1) is 5.66 Å². The highest BCUT2D eigenvalue weighted by Gasteiger charge is 2.31. The molecule has 0 aromatic carbocycles. The molecule has 0 radical (unpaired) electrons. The third-order valence-corrected chi connectivity index (χ3v) is 4.95. The van der Waals surface area contributed by atoms with E-state index in [4.69, 9.17) is 9.05 Å². The van der Waals surface area contributed by atoms with Crippen molar-refractivity contribution in [3.8, 4) is 0 Å². The molecule has 1 atom stereocenters. The first kappa shape index (κ1) is 12.8. The predicted octanol–water partition coefficient (Wildman–Crippen LogP) is 3.39. The Kier molecular flexibility index (Phi) is 4.46. The molecule has 15 heavy (non-hydrogen) atoms. The summed E-state index contributed by atoms with van der Waals surface area (Å²) in [6.45, 7) is 1.79. The van der Waals surface area contributed by atoms with Crippen LogP contribution in [0.15, 0.2) is 22.9 Å². The summed E-state index contributed by atoms with van der Waals surface area (Å²) in [5, 5.41) is 0. The molecule has 6 heteroatoms. The maximum absolute atomic E-state index is 12.1. The number of aromatic nitrogens is 1. The summed E-state index contributed by atoms with van der Waals surface area (Å²) in [7, 11) is -0.300. The fraction of sp³-hybridized carbons (Fsp3) is 0.444. The van der Waals surface area contributed by atoms with E-state index in [1.807, 2.05) is 6.07 Å². The zero-order valence-corrected chi connectivity index (χ0v) is 11.3. The molecular formula is C9H13BrNO3P. The van der Waals surface area contributed by atoms with E-state index in [-0.39, 0.29) is 5.66 Å². The van der Waals surface area contributed by atoms with E-state index in [0.717, 1.165) is 10.2 Å². The van der Waals surface area contributed by atoms with Crippen LogP contribution in [0, 0.1) is 0 Å². The van der Waals surface area contributed by atoms with E-state index in [0.29, 0.717) is 0 Å². The van der Waals surface area contributed by atoms with Gasteiger partial charge in [0.1, 0.15) is 4.60 Å². The van der Waals surface area contributed by atoms with Crippen LogP contribution in [-0.4, -0.2) is 19.2 Å². The van der Waals surface area contributed by atoms with Gasteiger partial charge in [0, 0.05) is 20.4 Å². The molecule has 1 aromatic heterocycles. The lowest BCUT2D eigenvalue weighted by atomic mass is 10.2. The summed E-state index contributed by atoms with van der Waals surface area (Å²) in [6, 6.07) is 3.63. The van der Waals surface area contributed by atoms with Gasteiger partial charge in [-0.05, 0) is 34.5 Å². The van der Waals surface area contributed by atoms with Gasteiger partial charge in [-0.25, -0.2) is 4.98 Å². The van der Waals surface area contributed by atoms with Crippen molar-refractivity contribution in [2.24, 2.45) is 0 Å². The van der Waals surface area contributed by atoms with Crippen molar-refractivity contribution in [1.82, 2.24) is 4.98 Å². The second kappa shape index (κ2) is 5.21. The smallest absolute Gasteiger partial charge is 0.312 e. The second-order valence-corrected chi connectivity index (χ2v) is 6.39. The average Bonchev–Trinajstić information content (AvgIpc) is 2.28. The third-order valence-electron chi connectivity index (χ3n) is 2.22. The fourth-order valence-corrected chi connectivity index (χ4v) is 2.74. The molecule has 1 rings (SSSR count). The van der Waals surface area contributed by atoms with E-state index < -0.39 is 7.60 Å². The van der Waals surface area contributed by atoms with Gasteiger partial charge in [0.2, 0.25) is 0 Å². The zero-order chi connectivity index (χ0) is 11.5. The van der Waals surface area contributed by atoms with Crippen LogP contribution in [0.5, 0.6) is 0 Å². The minimum absolute atomic E-state index is 0.326. The van der Waals surface area contributed by atoms with Gasteiger partial charge in [0.15, 0.2) is 0 Å². The molecule has 84 valence electrons. The molecule has 1 aromatic rings. The number of halogens is 1. The summed E-state index contributed by atoms with van der Waals surface area (Å²) < 4.78 is 22.6. The van der Waals surface area contributed by atoms with Crippen LogP contribution in [0.2, 0.25) is 0 Å². The lowest BCUT2D eigenvalue weighted by Crippen LogP contribution is -2.00. The molecule has 0 spiro atoms. The van der Waals surface area contributed by atoms with Gasteiger partial charge in [-0.3, -0.25) is 4.57 Å². The largest absolute Gasteiger partial charge is 0.337 e. The molecule has 0 fully saturated rings. The van der Waals surface area contributed by atoms with E-state index in [1.54, 1.807) is 19.2 Å². The quantitative estimate of drug-likeness (QED) is 0.631. The van der Waals surface area contributed by atoms with Crippen molar-refractivity contribution in [1.29, 1.82) is 0 Å². The Balaban J connectivity index is 2.98. The van der Waals surface area contributed by atoms with Crippen molar-refractivity contribution < 1.29 is 13.6 Å². The molecule has 0 aliphatic carbocycles. The SMILES string of the molecule is COP(=O)(OC)C(C)c1ccc(Br)nc1. The van der Waals surface area contributed by atoms with Crippen molar-refractivity contribution in [3.63, 3.8) is 0 Å². The number of rotatable bonds is 4. The van der Waals surface area contributed by atoms with E-state index >= 15 is 0 Å². The molecule has 0 bridgehead atoms. The molecule has 0 N–H and O–H groups in total. The summed E-state index contributed by atoms with van der Waals surface area (Å²) >= 11 is 3.24. The predicted molar refractivity (Wildman–Crippen MR) is 62.0 cm³/mol. The van der Waals surface area contributed by atoms with Crippen molar-refractivity contribution in [2.75, 3.05) is 14.2 Å². The Morgan fingerprint density at radius 1 is 1.40 bits per heavy atom.